The number of nitrogens with one attached hydrogen (secondary N) is 2. The highest BCUT2D eigenvalue weighted by Gasteiger charge is 2.09. The lowest BCUT2D eigenvalue weighted by Crippen LogP contribution is -2.15. The Labute approximate surface area is 149 Å². The average molecular weight is 352 g/mol. The molecule has 3 aromatic rings. The molecule has 0 radical (unpaired) electrons. The first kappa shape index (κ1) is 16.8. The molecule has 0 fully saturated rings. The third kappa shape index (κ3) is 4.71. The van der Waals surface area contributed by atoms with Crippen LogP contribution in [0.15, 0.2) is 54.9 Å². The number of thiazole rings is 1. The fourth-order valence-corrected chi connectivity index (χ4v) is 2.84. The lowest BCUT2D eigenvalue weighted by molar-refractivity contribution is -0.115. The van der Waals surface area contributed by atoms with Gasteiger partial charge in [-0.25, -0.2) is 4.98 Å². The van der Waals surface area contributed by atoms with Crippen molar-refractivity contribution in [2.24, 2.45) is 0 Å². The molecule has 0 spiro atoms. The lowest BCUT2D eigenvalue weighted by atomic mass is 10.1. The smallest absolute Gasteiger partial charge is 0.274 e. The highest BCUT2D eigenvalue weighted by Crippen LogP contribution is 2.17. The summed E-state index contributed by atoms with van der Waals surface area (Å²) in [6, 6.07) is 12.3. The van der Waals surface area contributed by atoms with Crippen molar-refractivity contribution >= 4 is 34.0 Å². The van der Waals surface area contributed by atoms with Crippen molar-refractivity contribution in [2.75, 3.05) is 10.6 Å². The molecular weight excluding hydrogens is 336 g/mol. The zero-order valence-corrected chi connectivity index (χ0v) is 14.3. The van der Waals surface area contributed by atoms with Crippen LogP contribution in [0.25, 0.3) is 0 Å². The molecule has 0 unspecified atom stereocenters. The molecule has 3 rings (SSSR count). The van der Waals surface area contributed by atoms with Crippen LogP contribution in [0.4, 0.5) is 10.8 Å². The summed E-state index contributed by atoms with van der Waals surface area (Å²) < 4.78 is 0. The number of aromatic nitrogens is 2. The van der Waals surface area contributed by atoms with E-state index in [1.807, 2.05) is 6.92 Å². The predicted molar refractivity (Wildman–Crippen MR) is 97.8 cm³/mol. The van der Waals surface area contributed by atoms with Crippen molar-refractivity contribution in [3.8, 4) is 0 Å². The van der Waals surface area contributed by atoms with Gasteiger partial charge in [0, 0.05) is 23.0 Å². The number of nitrogens with zero attached hydrogens (tertiary/aromatic N) is 2. The number of rotatable bonds is 5. The van der Waals surface area contributed by atoms with Crippen LogP contribution in [0, 0.1) is 6.92 Å². The Morgan fingerprint density at radius 1 is 1.04 bits per heavy atom. The van der Waals surface area contributed by atoms with Crippen molar-refractivity contribution in [1.82, 2.24) is 9.97 Å². The van der Waals surface area contributed by atoms with Gasteiger partial charge >= 0.3 is 0 Å². The van der Waals surface area contributed by atoms with E-state index in [0.717, 1.165) is 10.4 Å². The molecule has 7 heteroatoms. The van der Waals surface area contributed by atoms with Gasteiger partial charge in [-0.3, -0.25) is 14.6 Å². The maximum absolute atomic E-state index is 12.0. The van der Waals surface area contributed by atoms with Crippen molar-refractivity contribution < 1.29 is 9.59 Å². The van der Waals surface area contributed by atoms with Gasteiger partial charge in [0.1, 0.15) is 5.69 Å². The topological polar surface area (TPSA) is 84.0 Å². The first-order valence-corrected chi connectivity index (χ1v) is 8.45. The van der Waals surface area contributed by atoms with Gasteiger partial charge in [-0.2, -0.15) is 0 Å². The number of aryl methyl sites for hydroxylation is 1. The van der Waals surface area contributed by atoms with Gasteiger partial charge in [0.15, 0.2) is 5.13 Å². The fraction of sp³-hybridized carbons (Fsp3) is 0.111. The minimum atomic E-state index is -0.273. The Bertz CT molecular complexity index is 876. The molecule has 0 aliphatic heterocycles. The zero-order valence-electron chi connectivity index (χ0n) is 13.5. The van der Waals surface area contributed by atoms with E-state index in [4.69, 9.17) is 0 Å². The summed E-state index contributed by atoms with van der Waals surface area (Å²) in [4.78, 5) is 33.2. The van der Waals surface area contributed by atoms with E-state index >= 15 is 0 Å². The summed E-state index contributed by atoms with van der Waals surface area (Å²) >= 11 is 1.44. The summed E-state index contributed by atoms with van der Waals surface area (Å²) in [5.41, 5.74) is 1.85. The highest BCUT2D eigenvalue weighted by atomic mass is 32.1. The number of carbonyl (C=O) groups excluding carboxylic acids is 2. The predicted octanol–water partition coefficient (Wildman–Crippen LogP) is 3.28. The van der Waals surface area contributed by atoms with E-state index in [1.54, 1.807) is 54.9 Å². The molecule has 2 amide bonds. The van der Waals surface area contributed by atoms with Gasteiger partial charge in [-0.1, -0.05) is 18.2 Å². The summed E-state index contributed by atoms with van der Waals surface area (Å²) in [6.07, 6.45) is 3.53. The largest absolute Gasteiger partial charge is 0.321 e. The van der Waals surface area contributed by atoms with Gasteiger partial charge in [-0.15, -0.1) is 11.3 Å². The molecule has 2 aromatic heterocycles. The van der Waals surface area contributed by atoms with E-state index in [9.17, 15) is 9.59 Å². The lowest BCUT2D eigenvalue weighted by Gasteiger charge is -2.06. The molecule has 0 aliphatic carbocycles. The second-order valence-electron chi connectivity index (χ2n) is 5.37. The first-order valence-electron chi connectivity index (χ1n) is 7.64. The minimum absolute atomic E-state index is 0.125. The SMILES string of the molecule is Cc1cnc(NC(=O)Cc2ccc(NC(=O)c3ccccn3)cc2)s1. The number of amides is 2. The van der Waals surface area contributed by atoms with Crippen LogP contribution >= 0.6 is 11.3 Å². The average Bonchev–Trinajstić information content (AvgIpc) is 3.02. The van der Waals surface area contributed by atoms with Crippen LogP contribution in [-0.2, 0) is 11.2 Å². The number of hydrogen-bond donors (Lipinski definition) is 2. The summed E-state index contributed by atoms with van der Waals surface area (Å²) in [5.74, 6) is -0.398. The number of pyridine rings is 1. The Kier molecular flexibility index (Phi) is 5.15. The van der Waals surface area contributed by atoms with Crippen LogP contribution < -0.4 is 10.6 Å². The fourth-order valence-electron chi connectivity index (χ4n) is 2.16. The van der Waals surface area contributed by atoms with Crippen LogP contribution in [0.5, 0.6) is 0 Å². The molecule has 6 nitrogen and oxygen atoms in total. The van der Waals surface area contributed by atoms with Crippen LogP contribution in [0.2, 0.25) is 0 Å². The molecule has 25 heavy (non-hydrogen) atoms. The number of anilines is 2. The second kappa shape index (κ2) is 7.67. The van der Waals surface area contributed by atoms with Gasteiger partial charge in [0.2, 0.25) is 5.91 Å². The summed E-state index contributed by atoms with van der Waals surface area (Å²) in [5, 5.41) is 6.14. The molecule has 0 atom stereocenters. The molecule has 0 saturated carbocycles. The van der Waals surface area contributed by atoms with Crippen molar-refractivity contribution in [3.63, 3.8) is 0 Å². The molecule has 1 aromatic carbocycles. The first-order chi connectivity index (χ1) is 12.1. The monoisotopic (exact) mass is 352 g/mol. The molecule has 2 heterocycles. The molecule has 126 valence electrons. The summed E-state index contributed by atoms with van der Waals surface area (Å²) in [7, 11) is 0. The third-order valence-electron chi connectivity index (χ3n) is 3.34. The number of carbonyl (C=O) groups is 2. The Morgan fingerprint density at radius 3 is 2.48 bits per heavy atom. The minimum Gasteiger partial charge on any atom is -0.321 e. The normalized spacial score (nSPS) is 10.3. The molecule has 0 bridgehead atoms. The van der Waals surface area contributed by atoms with E-state index < -0.39 is 0 Å². The maximum atomic E-state index is 12.0. The molecule has 0 saturated heterocycles. The van der Waals surface area contributed by atoms with E-state index in [-0.39, 0.29) is 18.2 Å². The standard InChI is InChI=1S/C18H16N4O2S/c1-12-11-20-18(25-12)22-16(23)10-13-5-7-14(8-6-13)21-17(24)15-4-2-3-9-19-15/h2-9,11H,10H2,1H3,(H,21,24)(H,20,22,23). The Balaban J connectivity index is 1.56. The van der Waals surface area contributed by atoms with Crippen LogP contribution in [0.1, 0.15) is 20.9 Å². The number of benzene rings is 1. The van der Waals surface area contributed by atoms with Gasteiger partial charge in [-0.05, 0) is 36.8 Å². The summed E-state index contributed by atoms with van der Waals surface area (Å²) in [6.45, 7) is 1.94. The highest BCUT2D eigenvalue weighted by molar-refractivity contribution is 7.15. The number of hydrogen-bond acceptors (Lipinski definition) is 5. The van der Waals surface area contributed by atoms with Gasteiger partial charge in [0.05, 0.1) is 6.42 Å². The van der Waals surface area contributed by atoms with E-state index in [0.29, 0.717) is 16.5 Å². The third-order valence-corrected chi connectivity index (χ3v) is 4.17. The molecular formula is C18H16N4O2S. The van der Waals surface area contributed by atoms with E-state index in [2.05, 4.69) is 20.6 Å². The van der Waals surface area contributed by atoms with Crippen LogP contribution in [0.3, 0.4) is 0 Å². The van der Waals surface area contributed by atoms with Crippen molar-refractivity contribution in [2.45, 2.75) is 13.3 Å². The molecule has 2 N–H and O–H groups in total. The van der Waals surface area contributed by atoms with Crippen LogP contribution in [-0.4, -0.2) is 21.8 Å². The Hall–Kier alpha value is -3.06. The Morgan fingerprint density at radius 2 is 1.84 bits per heavy atom. The quantitative estimate of drug-likeness (QED) is 0.738. The van der Waals surface area contributed by atoms with Crippen molar-refractivity contribution in [1.29, 1.82) is 0 Å². The second-order valence-corrected chi connectivity index (χ2v) is 6.60. The molecule has 0 aliphatic rings. The van der Waals surface area contributed by atoms with Gasteiger partial charge in [0.25, 0.3) is 5.91 Å². The van der Waals surface area contributed by atoms with Gasteiger partial charge < -0.3 is 10.6 Å². The van der Waals surface area contributed by atoms with E-state index in [1.165, 1.54) is 11.3 Å². The zero-order chi connectivity index (χ0) is 17.6. The maximum Gasteiger partial charge on any atom is 0.274 e. The van der Waals surface area contributed by atoms with Crippen molar-refractivity contribution in [3.05, 3.63) is 71.0 Å².